The van der Waals surface area contributed by atoms with Crippen molar-refractivity contribution in [3.05, 3.63) is 36.7 Å². The second kappa shape index (κ2) is 8.30. The van der Waals surface area contributed by atoms with E-state index >= 15 is 0 Å². The van der Waals surface area contributed by atoms with Gasteiger partial charge in [0.05, 0.1) is 0 Å². The monoisotopic (exact) mass is 396 g/mol. The Morgan fingerprint density at radius 2 is 1.75 bits per heavy atom. The Morgan fingerprint density at radius 1 is 1.07 bits per heavy atom. The summed E-state index contributed by atoms with van der Waals surface area (Å²) >= 11 is 0. The van der Waals surface area contributed by atoms with E-state index in [4.69, 9.17) is 0 Å². The Labute approximate surface area is 159 Å². The lowest BCUT2D eigenvalue weighted by atomic mass is 10.3. The first-order valence-corrected chi connectivity index (χ1v) is 8.48. The van der Waals surface area contributed by atoms with Gasteiger partial charge in [0.2, 0.25) is 0 Å². The third kappa shape index (κ3) is 5.71. The SMILES string of the molecule is CN1CCN(c2cc(NC(=O)Nc3ccc(OC(F)(F)F)cc3)ncn2)CC1. The van der Waals surface area contributed by atoms with Crippen molar-refractivity contribution in [3.63, 3.8) is 0 Å². The van der Waals surface area contributed by atoms with E-state index in [-0.39, 0.29) is 5.75 Å². The van der Waals surface area contributed by atoms with Crippen LogP contribution in [-0.4, -0.2) is 60.5 Å². The zero-order valence-corrected chi connectivity index (χ0v) is 15.0. The molecule has 2 aromatic rings. The summed E-state index contributed by atoms with van der Waals surface area (Å²) in [5.41, 5.74) is 0.306. The van der Waals surface area contributed by atoms with Crippen LogP contribution < -0.4 is 20.3 Å². The van der Waals surface area contributed by atoms with Crippen LogP contribution in [0.15, 0.2) is 36.7 Å². The fraction of sp³-hybridized carbons (Fsp3) is 0.353. The molecule has 8 nitrogen and oxygen atoms in total. The van der Waals surface area contributed by atoms with Crippen LogP contribution in [0.25, 0.3) is 0 Å². The summed E-state index contributed by atoms with van der Waals surface area (Å²) in [6.07, 6.45) is -3.40. The smallest absolute Gasteiger partial charge is 0.406 e. The Kier molecular flexibility index (Phi) is 5.83. The third-order valence-electron chi connectivity index (χ3n) is 4.07. The summed E-state index contributed by atoms with van der Waals surface area (Å²) < 4.78 is 40.3. The average Bonchev–Trinajstić information content (AvgIpc) is 2.63. The molecule has 1 aromatic carbocycles. The maximum atomic E-state index is 12.2. The molecule has 11 heteroatoms. The molecule has 3 rings (SSSR count). The van der Waals surface area contributed by atoms with Crippen LogP contribution in [0.2, 0.25) is 0 Å². The summed E-state index contributed by atoms with van der Waals surface area (Å²) in [6, 6.07) is 5.92. The highest BCUT2D eigenvalue weighted by Crippen LogP contribution is 2.24. The second-order valence-corrected chi connectivity index (χ2v) is 6.20. The highest BCUT2D eigenvalue weighted by Gasteiger charge is 2.31. The number of nitrogens with zero attached hydrogens (tertiary/aromatic N) is 4. The first-order valence-electron chi connectivity index (χ1n) is 8.48. The van der Waals surface area contributed by atoms with Crippen molar-refractivity contribution in [2.45, 2.75) is 6.36 Å². The van der Waals surface area contributed by atoms with E-state index in [1.54, 1.807) is 6.07 Å². The number of alkyl halides is 3. The predicted octanol–water partition coefficient (Wildman–Crippen LogP) is 2.77. The van der Waals surface area contributed by atoms with E-state index < -0.39 is 12.4 Å². The predicted molar refractivity (Wildman–Crippen MR) is 97.5 cm³/mol. The maximum Gasteiger partial charge on any atom is 0.573 e. The molecule has 0 spiro atoms. The van der Waals surface area contributed by atoms with E-state index in [0.717, 1.165) is 38.3 Å². The van der Waals surface area contributed by atoms with E-state index in [1.807, 2.05) is 0 Å². The normalized spacial score (nSPS) is 15.2. The minimum atomic E-state index is -4.76. The van der Waals surface area contributed by atoms with Crippen molar-refractivity contribution in [2.75, 3.05) is 48.8 Å². The molecule has 1 aliphatic heterocycles. The van der Waals surface area contributed by atoms with Crippen molar-refractivity contribution in [2.24, 2.45) is 0 Å². The zero-order chi connectivity index (χ0) is 20.1. The summed E-state index contributed by atoms with van der Waals surface area (Å²) in [4.78, 5) is 24.7. The zero-order valence-electron chi connectivity index (χ0n) is 15.0. The molecule has 1 aliphatic rings. The number of halogens is 3. The molecule has 1 saturated heterocycles. The quantitative estimate of drug-likeness (QED) is 0.827. The summed E-state index contributed by atoms with van der Waals surface area (Å²) in [5, 5.41) is 5.10. The van der Waals surface area contributed by atoms with Gasteiger partial charge in [-0.15, -0.1) is 13.2 Å². The number of aromatic nitrogens is 2. The molecule has 0 unspecified atom stereocenters. The lowest BCUT2D eigenvalue weighted by Gasteiger charge is -2.33. The standard InChI is InChI=1S/C17H19F3N6O2/c1-25-6-8-26(9-7-25)15-10-14(21-11-22-15)24-16(27)23-12-2-4-13(5-3-12)28-17(18,19)20/h2-5,10-11H,6-9H2,1H3,(H2,21,22,23,24,27). The maximum absolute atomic E-state index is 12.2. The van der Waals surface area contributed by atoms with Crippen LogP contribution in [0.1, 0.15) is 0 Å². The molecule has 1 aromatic heterocycles. The molecular formula is C17H19F3N6O2. The third-order valence-corrected chi connectivity index (χ3v) is 4.07. The van der Waals surface area contributed by atoms with E-state index in [1.165, 1.54) is 18.5 Å². The van der Waals surface area contributed by atoms with Gasteiger partial charge in [-0.3, -0.25) is 5.32 Å². The van der Waals surface area contributed by atoms with Crippen molar-refractivity contribution in [1.29, 1.82) is 0 Å². The lowest BCUT2D eigenvalue weighted by molar-refractivity contribution is -0.274. The van der Waals surface area contributed by atoms with Gasteiger partial charge in [0.25, 0.3) is 0 Å². The molecule has 0 atom stereocenters. The molecular weight excluding hydrogens is 377 g/mol. The number of urea groups is 1. The molecule has 150 valence electrons. The van der Waals surface area contributed by atoms with Crippen LogP contribution >= 0.6 is 0 Å². The number of rotatable bonds is 4. The molecule has 0 bridgehead atoms. The van der Waals surface area contributed by atoms with Crippen LogP contribution in [0.3, 0.4) is 0 Å². The number of ether oxygens (including phenoxy) is 1. The number of benzene rings is 1. The molecule has 0 aliphatic carbocycles. The molecule has 1 fully saturated rings. The first-order chi connectivity index (χ1) is 13.3. The van der Waals surface area contributed by atoms with Gasteiger partial charge in [0.15, 0.2) is 0 Å². The van der Waals surface area contributed by atoms with Gasteiger partial charge in [-0.1, -0.05) is 0 Å². The van der Waals surface area contributed by atoms with Crippen molar-refractivity contribution >= 4 is 23.4 Å². The fourth-order valence-corrected chi connectivity index (χ4v) is 2.64. The van der Waals surface area contributed by atoms with Gasteiger partial charge >= 0.3 is 12.4 Å². The van der Waals surface area contributed by atoms with Crippen LogP contribution in [-0.2, 0) is 0 Å². The fourth-order valence-electron chi connectivity index (χ4n) is 2.64. The molecule has 0 saturated carbocycles. The topological polar surface area (TPSA) is 82.6 Å². The van der Waals surface area contributed by atoms with Gasteiger partial charge in [-0.2, -0.15) is 0 Å². The number of anilines is 3. The van der Waals surface area contributed by atoms with Crippen molar-refractivity contribution < 1.29 is 22.7 Å². The molecule has 2 amide bonds. The molecule has 2 N–H and O–H groups in total. The van der Waals surface area contributed by atoms with Gasteiger partial charge in [-0.05, 0) is 31.3 Å². The number of carbonyl (C=O) groups is 1. The highest BCUT2D eigenvalue weighted by atomic mass is 19.4. The Hall–Kier alpha value is -3.08. The minimum absolute atomic E-state index is 0.306. The number of carbonyl (C=O) groups excluding carboxylic acids is 1. The number of nitrogens with one attached hydrogen (secondary N) is 2. The summed E-state index contributed by atoms with van der Waals surface area (Å²) in [7, 11) is 2.05. The average molecular weight is 396 g/mol. The van der Waals surface area contributed by atoms with Gasteiger partial charge < -0.3 is 19.9 Å². The van der Waals surface area contributed by atoms with Crippen LogP contribution in [0.4, 0.5) is 35.3 Å². The largest absolute Gasteiger partial charge is 0.573 e. The van der Waals surface area contributed by atoms with Crippen LogP contribution in [0.5, 0.6) is 5.75 Å². The lowest BCUT2D eigenvalue weighted by Crippen LogP contribution is -2.44. The number of hydrogen-bond acceptors (Lipinski definition) is 6. The summed E-state index contributed by atoms with van der Waals surface area (Å²) in [5.74, 6) is 0.664. The molecule has 28 heavy (non-hydrogen) atoms. The van der Waals surface area contributed by atoms with Crippen molar-refractivity contribution in [1.82, 2.24) is 14.9 Å². The van der Waals surface area contributed by atoms with Crippen LogP contribution in [0, 0.1) is 0 Å². The van der Waals surface area contributed by atoms with Gasteiger partial charge in [0.1, 0.15) is 23.7 Å². The Bertz CT molecular complexity index is 807. The first kappa shape index (κ1) is 19.7. The number of likely N-dealkylation sites (N-methyl/N-ethyl adjacent to an activating group) is 1. The Morgan fingerprint density at radius 3 is 2.39 bits per heavy atom. The highest BCUT2D eigenvalue weighted by molar-refractivity contribution is 5.99. The van der Waals surface area contributed by atoms with Gasteiger partial charge in [0, 0.05) is 37.9 Å². The Balaban J connectivity index is 1.57. The number of piperazine rings is 1. The van der Waals surface area contributed by atoms with E-state index in [9.17, 15) is 18.0 Å². The number of amides is 2. The molecule has 2 heterocycles. The van der Waals surface area contributed by atoms with E-state index in [2.05, 4.69) is 42.2 Å². The number of hydrogen-bond donors (Lipinski definition) is 2. The summed E-state index contributed by atoms with van der Waals surface area (Å²) in [6.45, 7) is 3.49. The molecule has 0 radical (unpaired) electrons. The minimum Gasteiger partial charge on any atom is -0.406 e. The van der Waals surface area contributed by atoms with Gasteiger partial charge in [-0.25, -0.2) is 14.8 Å². The van der Waals surface area contributed by atoms with E-state index in [0.29, 0.717) is 17.3 Å². The second-order valence-electron chi connectivity index (χ2n) is 6.20. The van der Waals surface area contributed by atoms with Crippen molar-refractivity contribution in [3.8, 4) is 5.75 Å².